The van der Waals surface area contributed by atoms with E-state index in [1.54, 1.807) is 6.07 Å². The first kappa shape index (κ1) is 12.9. The molecule has 0 aliphatic heterocycles. The molecule has 0 fully saturated rings. The van der Waals surface area contributed by atoms with Gasteiger partial charge in [-0.05, 0) is 30.9 Å². The van der Waals surface area contributed by atoms with Crippen molar-refractivity contribution in [2.24, 2.45) is 5.92 Å². The van der Waals surface area contributed by atoms with E-state index in [0.29, 0.717) is 11.7 Å². The van der Waals surface area contributed by atoms with E-state index in [0.717, 1.165) is 31.6 Å². The molecule has 1 aromatic rings. The number of nitrogens with zero attached hydrogens (tertiary/aromatic N) is 1. The quantitative estimate of drug-likeness (QED) is 0.792. The van der Waals surface area contributed by atoms with E-state index >= 15 is 0 Å². The number of aromatic hydroxyl groups is 1. The lowest BCUT2D eigenvalue weighted by Gasteiger charge is -2.25. The molecule has 1 aromatic carbocycles. The van der Waals surface area contributed by atoms with Crippen molar-refractivity contribution >= 4 is 5.69 Å². The van der Waals surface area contributed by atoms with Gasteiger partial charge in [-0.2, -0.15) is 0 Å². The number of benzene rings is 1. The van der Waals surface area contributed by atoms with Gasteiger partial charge in [-0.1, -0.05) is 32.9 Å². The number of hydrogen-bond donors (Lipinski definition) is 1. The highest BCUT2D eigenvalue weighted by molar-refractivity contribution is 5.57. The minimum absolute atomic E-state index is 0.389. The molecule has 0 amide bonds. The molecule has 0 aromatic heterocycles. The summed E-state index contributed by atoms with van der Waals surface area (Å²) in [6.07, 6.45) is 2.26. The summed E-state index contributed by atoms with van der Waals surface area (Å²) in [7, 11) is 0. The van der Waals surface area contributed by atoms with Crippen LogP contribution in [0.4, 0.5) is 5.69 Å². The summed E-state index contributed by atoms with van der Waals surface area (Å²) < 4.78 is 0. The van der Waals surface area contributed by atoms with Crippen molar-refractivity contribution in [2.45, 2.75) is 33.6 Å². The minimum Gasteiger partial charge on any atom is -0.506 e. The van der Waals surface area contributed by atoms with E-state index in [1.807, 2.05) is 18.2 Å². The highest BCUT2D eigenvalue weighted by Gasteiger charge is 2.09. The Bertz CT molecular complexity index is 309. The summed E-state index contributed by atoms with van der Waals surface area (Å²) in [5, 5.41) is 9.83. The van der Waals surface area contributed by atoms with Crippen molar-refractivity contribution in [1.82, 2.24) is 0 Å². The molecule has 2 nitrogen and oxygen atoms in total. The van der Waals surface area contributed by atoms with Gasteiger partial charge in [-0.15, -0.1) is 0 Å². The Morgan fingerprint density at radius 2 is 1.88 bits per heavy atom. The Balaban J connectivity index is 2.73. The number of phenols is 1. The second kappa shape index (κ2) is 6.41. The maximum Gasteiger partial charge on any atom is 0.138 e. The number of rotatable bonds is 6. The number of anilines is 1. The van der Waals surface area contributed by atoms with Gasteiger partial charge in [-0.25, -0.2) is 0 Å². The monoisotopic (exact) mass is 221 g/mol. The smallest absolute Gasteiger partial charge is 0.138 e. The molecule has 1 rings (SSSR count). The molecule has 90 valence electrons. The standard InChI is InChI=1S/C14H23NO/c1-4-10-15(11-9-12(2)3)13-7-5-6-8-14(13)16/h5-8,12,16H,4,9-11H2,1-3H3. The van der Waals surface area contributed by atoms with Crippen molar-refractivity contribution in [3.05, 3.63) is 24.3 Å². The molecule has 0 aliphatic carbocycles. The van der Waals surface area contributed by atoms with Crippen LogP contribution in [0.25, 0.3) is 0 Å². The van der Waals surface area contributed by atoms with Gasteiger partial charge in [0, 0.05) is 13.1 Å². The van der Waals surface area contributed by atoms with Crippen molar-refractivity contribution in [3.8, 4) is 5.75 Å². The molecular formula is C14H23NO. The summed E-state index contributed by atoms with van der Waals surface area (Å²) in [6.45, 7) is 8.65. The van der Waals surface area contributed by atoms with Crippen molar-refractivity contribution in [3.63, 3.8) is 0 Å². The van der Waals surface area contributed by atoms with Crippen LogP contribution in [0, 0.1) is 5.92 Å². The molecular weight excluding hydrogens is 198 g/mol. The Kier molecular flexibility index (Phi) is 5.17. The molecule has 2 heteroatoms. The van der Waals surface area contributed by atoms with Crippen LogP contribution in [0.2, 0.25) is 0 Å². The average molecular weight is 221 g/mol. The zero-order chi connectivity index (χ0) is 12.0. The molecule has 16 heavy (non-hydrogen) atoms. The van der Waals surface area contributed by atoms with E-state index < -0.39 is 0 Å². The summed E-state index contributed by atoms with van der Waals surface area (Å²) in [6, 6.07) is 7.59. The molecule has 0 radical (unpaired) electrons. The van der Waals surface area contributed by atoms with Gasteiger partial charge in [-0.3, -0.25) is 0 Å². The average Bonchev–Trinajstić information content (AvgIpc) is 2.25. The van der Waals surface area contributed by atoms with Crippen LogP contribution >= 0.6 is 0 Å². The first-order chi connectivity index (χ1) is 7.65. The van der Waals surface area contributed by atoms with Crippen molar-refractivity contribution in [2.75, 3.05) is 18.0 Å². The summed E-state index contributed by atoms with van der Waals surface area (Å²) in [5.41, 5.74) is 0.963. The Labute approximate surface area is 98.9 Å². The lowest BCUT2D eigenvalue weighted by atomic mass is 10.1. The molecule has 0 heterocycles. The molecule has 0 unspecified atom stereocenters. The third-order valence-electron chi connectivity index (χ3n) is 2.69. The second-order valence-electron chi connectivity index (χ2n) is 4.66. The van der Waals surface area contributed by atoms with Crippen LogP contribution in [-0.2, 0) is 0 Å². The fraction of sp³-hybridized carbons (Fsp3) is 0.571. The predicted molar refractivity (Wildman–Crippen MR) is 70.1 cm³/mol. The SMILES string of the molecule is CCCN(CCC(C)C)c1ccccc1O. The topological polar surface area (TPSA) is 23.5 Å². The fourth-order valence-electron chi connectivity index (χ4n) is 1.77. The van der Waals surface area contributed by atoms with Gasteiger partial charge in [0.15, 0.2) is 0 Å². The van der Waals surface area contributed by atoms with Crippen LogP contribution in [0.3, 0.4) is 0 Å². The third-order valence-corrected chi connectivity index (χ3v) is 2.69. The fourth-order valence-corrected chi connectivity index (χ4v) is 1.77. The van der Waals surface area contributed by atoms with Gasteiger partial charge >= 0.3 is 0 Å². The van der Waals surface area contributed by atoms with E-state index in [2.05, 4.69) is 25.7 Å². The van der Waals surface area contributed by atoms with Crippen molar-refractivity contribution in [1.29, 1.82) is 0 Å². The van der Waals surface area contributed by atoms with Crippen LogP contribution in [0.15, 0.2) is 24.3 Å². The number of phenolic OH excluding ortho intramolecular Hbond substituents is 1. The molecule has 0 saturated carbocycles. The molecule has 0 aliphatic rings. The maximum atomic E-state index is 9.83. The van der Waals surface area contributed by atoms with Gasteiger partial charge in [0.1, 0.15) is 5.75 Å². The minimum atomic E-state index is 0.389. The van der Waals surface area contributed by atoms with Crippen LogP contribution in [-0.4, -0.2) is 18.2 Å². The lowest BCUT2D eigenvalue weighted by Crippen LogP contribution is -2.26. The zero-order valence-electron chi connectivity index (χ0n) is 10.6. The van der Waals surface area contributed by atoms with Crippen molar-refractivity contribution < 1.29 is 5.11 Å². The Hall–Kier alpha value is -1.18. The van der Waals surface area contributed by atoms with E-state index in [1.165, 1.54) is 0 Å². The van der Waals surface area contributed by atoms with Crippen LogP contribution in [0.1, 0.15) is 33.6 Å². The molecule has 0 spiro atoms. The van der Waals surface area contributed by atoms with Gasteiger partial charge in [0.2, 0.25) is 0 Å². The predicted octanol–water partition coefficient (Wildman–Crippen LogP) is 3.65. The third kappa shape index (κ3) is 3.76. The van der Waals surface area contributed by atoms with Gasteiger partial charge in [0.05, 0.1) is 5.69 Å². The highest BCUT2D eigenvalue weighted by Crippen LogP contribution is 2.27. The van der Waals surface area contributed by atoms with Crippen LogP contribution < -0.4 is 4.90 Å². The van der Waals surface area contributed by atoms with E-state index in [9.17, 15) is 5.11 Å². The van der Waals surface area contributed by atoms with Crippen LogP contribution in [0.5, 0.6) is 5.75 Å². The Morgan fingerprint density at radius 3 is 2.44 bits per heavy atom. The number of para-hydroxylation sites is 2. The summed E-state index contributed by atoms with van der Waals surface area (Å²) in [5.74, 6) is 1.09. The summed E-state index contributed by atoms with van der Waals surface area (Å²) in [4.78, 5) is 2.27. The van der Waals surface area contributed by atoms with Gasteiger partial charge in [0.25, 0.3) is 0 Å². The molecule has 0 saturated heterocycles. The molecule has 1 N–H and O–H groups in total. The zero-order valence-corrected chi connectivity index (χ0v) is 10.6. The normalized spacial score (nSPS) is 10.8. The van der Waals surface area contributed by atoms with E-state index in [4.69, 9.17) is 0 Å². The molecule has 0 bridgehead atoms. The van der Waals surface area contributed by atoms with Gasteiger partial charge < -0.3 is 10.0 Å². The largest absolute Gasteiger partial charge is 0.506 e. The molecule has 0 atom stereocenters. The summed E-state index contributed by atoms with van der Waals surface area (Å²) >= 11 is 0. The lowest BCUT2D eigenvalue weighted by molar-refractivity contribution is 0.471. The highest BCUT2D eigenvalue weighted by atomic mass is 16.3. The first-order valence-corrected chi connectivity index (χ1v) is 6.18. The first-order valence-electron chi connectivity index (χ1n) is 6.18. The number of hydrogen-bond acceptors (Lipinski definition) is 2. The Morgan fingerprint density at radius 1 is 1.19 bits per heavy atom. The van der Waals surface area contributed by atoms with E-state index in [-0.39, 0.29) is 0 Å². The second-order valence-corrected chi connectivity index (χ2v) is 4.66. The maximum absolute atomic E-state index is 9.83.